The SMILES string of the molecule is O=C(O)COc1ccc(CNC2CCN(Cc3ccccc3)CC2)cc1. The first-order valence-electron chi connectivity index (χ1n) is 9.12. The Morgan fingerprint density at radius 1 is 1.04 bits per heavy atom. The third-order valence-electron chi connectivity index (χ3n) is 4.72. The topological polar surface area (TPSA) is 61.8 Å². The minimum atomic E-state index is -0.964. The van der Waals surface area contributed by atoms with Gasteiger partial charge in [-0.2, -0.15) is 0 Å². The van der Waals surface area contributed by atoms with Gasteiger partial charge >= 0.3 is 5.97 Å². The highest BCUT2D eigenvalue weighted by Gasteiger charge is 2.18. The van der Waals surface area contributed by atoms with Crippen molar-refractivity contribution in [1.82, 2.24) is 10.2 Å². The molecule has 2 aromatic carbocycles. The average molecular weight is 354 g/mol. The van der Waals surface area contributed by atoms with E-state index in [9.17, 15) is 4.79 Å². The van der Waals surface area contributed by atoms with Crippen molar-refractivity contribution in [3.05, 3.63) is 65.7 Å². The molecule has 1 fully saturated rings. The first-order chi connectivity index (χ1) is 12.7. The molecule has 0 bridgehead atoms. The third kappa shape index (κ3) is 5.86. The van der Waals surface area contributed by atoms with Gasteiger partial charge in [0.1, 0.15) is 5.75 Å². The average Bonchev–Trinajstić information content (AvgIpc) is 2.67. The molecule has 0 atom stereocenters. The van der Waals surface area contributed by atoms with Crippen LogP contribution in [0.3, 0.4) is 0 Å². The zero-order valence-electron chi connectivity index (χ0n) is 14.9. The minimum absolute atomic E-state index is 0.306. The fourth-order valence-corrected chi connectivity index (χ4v) is 3.25. The highest BCUT2D eigenvalue weighted by molar-refractivity contribution is 5.68. The Morgan fingerprint density at radius 2 is 1.73 bits per heavy atom. The maximum atomic E-state index is 10.5. The molecule has 1 aliphatic rings. The van der Waals surface area contributed by atoms with Crippen LogP contribution in [0.4, 0.5) is 0 Å². The van der Waals surface area contributed by atoms with E-state index in [0.717, 1.165) is 39.0 Å². The largest absolute Gasteiger partial charge is 0.482 e. The Morgan fingerprint density at radius 3 is 2.38 bits per heavy atom. The predicted molar refractivity (Wildman–Crippen MR) is 101 cm³/mol. The molecule has 0 saturated carbocycles. The monoisotopic (exact) mass is 354 g/mol. The second kappa shape index (κ2) is 9.36. The van der Waals surface area contributed by atoms with Gasteiger partial charge in [-0.05, 0) is 49.2 Å². The third-order valence-corrected chi connectivity index (χ3v) is 4.72. The van der Waals surface area contributed by atoms with E-state index in [1.54, 1.807) is 0 Å². The van der Waals surface area contributed by atoms with E-state index in [1.165, 1.54) is 11.1 Å². The van der Waals surface area contributed by atoms with Gasteiger partial charge in [0.25, 0.3) is 0 Å². The van der Waals surface area contributed by atoms with Crippen LogP contribution < -0.4 is 10.1 Å². The zero-order chi connectivity index (χ0) is 18.2. The van der Waals surface area contributed by atoms with E-state index in [1.807, 2.05) is 24.3 Å². The second-order valence-corrected chi connectivity index (χ2v) is 6.74. The molecule has 0 unspecified atom stereocenters. The van der Waals surface area contributed by atoms with Gasteiger partial charge in [0.15, 0.2) is 6.61 Å². The Bertz CT molecular complexity index is 680. The van der Waals surface area contributed by atoms with Gasteiger partial charge in [-0.1, -0.05) is 42.5 Å². The van der Waals surface area contributed by atoms with Crippen LogP contribution in [0.5, 0.6) is 5.75 Å². The highest BCUT2D eigenvalue weighted by Crippen LogP contribution is 2.16. The van der Waals surface area contributed by atoms with Crippen molar-refractivity contribution in [3.8, 4) is 5.75 Å². The van der Waals surface area contributed by atoms with Gasteiger partial charge < -0.3 is 15.2 Å². The van der Waals surface area contributed by atoms with E-state index >= 15 is 0 Å². The van der Waals surface area contributed by atoms with Crippen molar-refractivity contribution >= 4 is 5.97 Å². The molecule has 5 heteroatoms. The van der Waals surface area contributed by atoms with Crippen LogP contribution in [0.2, 0.25) is 0 Å². The van der Waals surface area contributed by atoms with E-state index in [0.29, 0.717) is 11.8 Å². The number of carbonyl (C=O) groups is 1. The summed E-state index contributed by atoms with van der Waals surface area (Å²) in [6.45, 7) is 3.79. The molecule has 0 aliphatic carbocycles. The first-order valence-corrected chi connectivity index (χ1v) is 9.12. The van der Waals surface area contributed by atoms with Crippen molar-refractivity contribution in [3.63, 3.8) is 0 Å². The second-order valence-electron chi connectivity index (χ2n) is 6.74. The Balaban J connectivity index is 1.37. The lowest BCUT2D eigenvalue weighted by molar-refractivity contribution is -0.139. The van der Waals surface area contributed by atoms with Gasteiger partial charge in [-0.3, -0.25) is 4.90 Å². The summed E-state index contributed by atoms with van der Waals surface area (Å²) >= 11 is 0. The summed E-state index contributed by atoms with van der Waals surface area (Å²) in [4.78, 5) is 13.0. The molecule has 0 radical (unpaired) electrons. The predicted octanol–water partition coefficient (Wildman–Crippen LogP) is 2.90. The van der Waals surface area contributed by atoms with Crippen LogP contribution in [0, 0.1) is 0 Å². The molecule has 26 heavy (non-hydrogen) atoms. The quantitative estimate of drug-likeness (QED) is 0.763. The van der Waals surface area contributed by atoms with E-state index in [4.69, 9.17) is 9.84 Å². The van der Waals surface area contributed by atoms with Crippen molar-refractivity contribution in [2.24, 2.45) is 0 Å². The molecule has 1 heterocycles. The number of nitrogens with zero attached hydrogens (tertiary/aromatic N) is 1. The first kappa shape index (κ1) is 18.4. The smallest absolute Gasteiger partial charge is 0.341 e. The molecule has 1 saturated heterocycles. The van der Waals surface area contributed by atoms with Crippen LogP contribution in [0.25, 0.3) is 0 Å². The number of nitrogens with one attached hydrogen (secondary N) is 1. The summed E-state index contributed by atoms with van der Waals surface area (Å²) in [5, 5.41) is 12.3. The maximum absolute atomic E-state index is 10.5. The molecular weight excluding hydrogens is 328 g/mol. The Labute approximate surface area is 154 Å². The summed E-state index contributed by atoms with van der Waals surface area (Å²) in [5.41, 5.74) is 2.56. The summed E-state index contributed by atoms with van der Waals surface area (Å²) in [7, 11) is 0. The fraction of sp³-hybridized carbons (Fsp3) is 0.381. The Kier molecular flexibility index (Phi) is 6.63. The summed E-state index contributed by atoms with van der Waals surface area (Å²) in [5.74, 6) is -0.375. The fourth-order valence-electron chi connectivity index (χ4n) is 3.25. The molecule has 5 nitrogen and oxygen atoms in total. The molecule has 1 aliphatic heterocycles. The zero-order valence-corrected chi connectivity index (χ0v) is 14.9. The molecule has 138 valence electrons. The highest BCUT2D eigenvalue weighted by atomic mass is 16.5. The lowest BCUT2D eigenvalue weighted by Crippen LogP contribution is -2.41. The van der Waals surface area contributed by atoms with Crippen LogP contribution in [-0.2, 0) is 17.9 Å². The number of carboxylic acids is 1. The summed E-state index contributed by atoms with van der Waals surface area (Å²) in [6, 6.07) is 18.8. The van der Waals surface area contributed by atoms with Gasteiger partial charge in [-0.25, -0.2) is 4.79 Å². The number of likely N-dealkylation sites (tertiary alicyclic amines) is 1. The molecule has 0 amide bonds. The van der Waals surface area contributed by atoms with Crippen LogP contribution in [0.1, 0.15) is 24.0 Å². The van der Waals surface area contributed by atoms with Crippen LogP contribution in [-0.4, -0.2) is 41.7 Å². The van der Waals surface area contributed by atoms with E-state index < -0.39 is 5.97 Å². The maximum Gasteiger partial charge on any atom is 0.341 e. The van der Waals surface area contributed by atoms with Crippen molar-refractivity contribution in [2.45, 2.75) is 32.0 Å². The number of rotatable bonds is 8. The molecule has 2 aromatic rings. The van der Waals surface area contributed by atoms with Gasteiger partial charge in [0.2, 0.25) is 0 Å². The minimum Gasteiger partial charge on any atom is -0.482 e. The molecular formula is C21H26N2O3. The molecule has 3 rings (SSSR count). The number of carboxylic acid groups (broad SMARTS) is 1. The number of hydrogen-bond donors (Lipinski definition) is 2. The Hall–Kier alpha value is -2.37. The normalized spacial score (nSPS) is 15.7. The van der Waals surface area contributed by atoms with Gasteiger partial charge in [0.05, 0.1) is 0 Å². The van der Waals surface area contributed by atoms with Crippen molar-refractivity contribution < 1.29 is 14.6 Å². The number of ether oxygens (including phenoxy) is 1. The number of hydrogen-bond acceptors (Lipinski definition) is 4. The summed E-state index contributed by atoms with van der Waals surface area (Å²) in [6.07, 6.45) is 2.32. The van der Waals surface area contributed by atoms with Crippen LogP contribution in [0.15, 0.2) is 54.6 Å². The number of benzene rings is 2. The molecule has 0 aromatic heterocycles. The number of piperidine rings is 1. The van der Waals surface area contributed by atoms with Crippen molar-refractivity contribution in [1.29, 1.82) is 0 Å². The molecule has 0 spiro atoms. The van der Waals surface area contributed by atoms with Gasteiger partial charge in [-0.15, -0.1) is 0 Å². The number of aliphatic carboxylic acids is 1. The van der Waals surface area contributed by atoms with Crippen molar-refractivity contribution in [2.75, 3.05) is 19.7 Å². The van der Waals surface area contributed by atoms with Gasteiger partial charge in [0, 0.05) is 19.1 Å². The summed E-state index contributed by atoms with van der Waals surface area (Å²) < 4.78 is 5.15. The standard InChI is InChI=1S/C21H26N2O3/c24-21(25)16-26-20-8-6-17(7-9-20)14-22-19-10-12-23(13-11-19)15-18-4-2-1-3-5-18/h1-9,19,22H,10-16H2,(H,24,25). The van der Waals surface area contributed by atoms with E-state index in [2.05, 4.69) is 40.5 Å². The van der Waals surface area contributed by atoms with E-state index in [-0.39, 0.29) is 6.61 Å². The lowest BCUT2D eigenvalue weighted by atomic mass is 10.0. The van der Waals surface area contributed by atoms with Crippen LogP contribution >= 0.6 is 0 Å². The lowest BCUT2D eigenvalue weighted by Gasteiger charge is -2.32. The molecule has 2 N–H and O–H groups in total.